The Morgan fingerprint density at radius 2 is 2.12 bits per heavy atom. The van der Waals surface area contributed by atoms with Crippen LogP contribution in [0.4, 0.5) is 0 Å². The van der Waals surface area contributed by atoms with Gasteiger partial charge in [-0.1, -0.05) is 12.1 Å². The fourth-order valence-electron chi connectivity index (χ4n) is 2.29. The van der Waals surface area contributed by atoms with Crippen molar-refractivity contribution < 1.29 is 14.3 Å². The molecule has 0 bridgehead atoms. The van der Waals surface area contributed by atoms with Gasteiger partial charge in [0.1, 0.15) is 12.6 Å². The van der Waals surface area contributed by atoms with Gasteiger partial charge in [0.05, 0.1) is 18.8 Å². The number of hydrogen-bond acceptors (Lipinski definition) is 6. The van der Waals surface area contributed by atoms with Gasteiger partial charge in [0.2, 0.25) is 11.3 Å². The zero-order chi connectivity index (χ0) is 17.5. The number of carbonyl (C=O) groups is 2. The summed E-state index contributed by atoms with van der Waals surface area (Å²) >= 11 is 1.58. The number of benzene rings is 1. The van der Waals surface area contributed by atoms with Crippen molar-refractivity contribution in [1.29, 1.82) is 0 Å². The van der Waals surface area contributed by atoms with Crippen LogP contribution in [-0.4, -0.2) is 46.8 Å². The monoisotopic (exact) mass is 349 g/mol. The molecule has 0 aliphatic rings. The summed E-state index contributed by atoms with van der Waals surface area (Å²) in [5.74, 6) is -0.123. The molecule has 0 saturated heterocycles. The van der Waals surface area contributed by atoms with E-state index in [1.807, 2.05) is 6.26 Å². The molecule has 1 amide bonds. The molecule has 2 rings (SSSR count). The van der Waals surface area contributed by atoms with Gasteiger partial charge in [-0.25, -0.2) is 4.79 Å². The molecule has 128 valence electrons. The number of aromatic nitrogens is 2. The summed E-state index contributed by atoms with van der Waals surface area (Å²) in [4.78, 5) is 35.8. The number of esters is 1. The van der Waals surface area contributed by atoms with E-state index >= 15 is 0 Å². The molecule has 0 spiro atoms. The van der Waals surface area contributed by atoms with Crippen LogP contribution in [0.25, 0.3) is 10.9 Å². The molecule has 0 fully saturated rings. The quantitative estimate of drug-likeness (QED) is 0.744. The molecule has 1 aromatic heterocycles. The molecular formula is C16H19N3O4S. The summed E-state index contributed by atoms with van der Waals surface area (Å²) in [6.45, 7) is -0.0897. The predicted octanol–water partition coefficient (Wildman–Crippen LogP) is 0.807. The van der Waals surface area contributed by atoms with E-state index in [1.54, 1.807) is 36.0 Å². The Labute approximate surface area is 143 Å². The van der Waals surface area contributed by atoms with Gasteiger partial charge in [-0.05, 0) is 30.6 Å². The van der Waals surface area contributed by atoms with Crippen molar-refractivity contribution >= 4 is 34.5 Å². The van der Waals surface area contributed by atoms with Crippen molar-refractivity contribution in [3.63, 3.8) is 0 Å². The Hall–Kier alpha value is -2.35. The first kappa shape index (κ1) is 18.0. The number of nitrogens with one attached hydrogen (secondary N) is 1. The number of fused-ring (bicyclic) bond motifs is 1. The second-order valence-electron chi connectivity index (χ2n) is 5.11. The molecule has 24 heavy (non-hydrogen) atoms. The summed E-state index contributed by atoms with van der Waals surface area (Å²) in [6, 6.07) is 6.24. The van der Waals surface area contributed by atoms with E-state index in [9.17, 15) is 14.4 Å². The second-order valence-corrected chi connectivity index (χ2v) is 6.09. The number of methoxy groups -OCH3 is 1. The Balaban J connectivity index is 2.15. The van der Waals surface area contributed by atoms with Crippen molar-refractivity contribution in [3.05, 3.63) is 40.7 Å². The number of para-hydroxylation sites is 1. The molecule has 1 N–H and O–H groups in total. The fourth-order valence-corrected chi connectivity index (χ4v) is 2.76. The molecule has 0 radical (unpaired) electrons. The summed E-state index contributed by atoms with van der Waals surface area (Å²) in [6.07, 6.45) is 3.59. The van der Waals surface area contributed by atoms with Crippen molar-refractivity contribution in [2.45, 2.75) is 19.0 Å². The molecule has 0 saturated carbocycles. The molecule has 8 heteroatoms. The smallest absolute Gasteiger partial charge is 0.328 e. The predicted molar refractivity (Wildman–Crippen MR) is 92.9 cm³/mol. The number of nitrogens with zero attached hydrogens (tertiary/aromatic N) is 2. The topological polar surface area (TPSA) is 90.3 Å². The van der Waals surface area contributed by atoms with Crippen LogP contribution in [0.5, 0.6) is 0 Å². The van der Waals surface area contributed by atoms with Crippen LogP contribution in [0.3, 0.4) is 0 Å². The van der Waals surface area contributed by atoms with Crippen LogP contribution >= 0.6 is 11.8 Å². The van der Waals surface area contributed by atoms with Crippen molar-refractivity contribution in [1.82, 2.24) is 15.1 Å². The maximum absolute atomic E-state index is 12.3. The highest BCUT2D eigenvalue weighted by atomic mass is 32.2. The van der Waals surface area contributed by atoms with Gasteiger partial charge in [0.15, 0.2) is 0 Å². The first-order chi connectivity index (χ1) is 11.6. The lowest BCUT2D eigenvalue weighted by Crippen LogP contribution is -2.43. The van der Waals surface area contributed by atoms with E-state index in [0.29, 0.717) is 17.3 Å². The SMILES string of the molecule is COC(=O)[C@H](CCSC)NC(=O)Cn1ncc(=O)c2ccccc21. The summed E-state index contributed by atoms with van der Waals surface area (Å²) in [7, 11) is 1.29. The third-order valence-electron chi connectivity index (χ3n) is 3.49. The average Bonchev–Trinajstić information content (AvgIpc) is 2.60. The molecule has 1 aromatic carbocycles. The standard InChI is InChI=1S/C16H19N3O4S/c1-23-16(22)12(7-8-24-2)18-15(21)10-19-13-6-4-3-5-11(13)14(20)9-17-19/h3-6,9,12H,7-8,10H2,1-2H3,(H,18,21)/t12-/m0/s1. The number of rotatable bonds is 7. The van der Waals surface area contributed by atoms with Crippen molar-refractivity contribution in [2.75, 3.05) is 19.1 Å². The van der Waals surface area contributed by atoms with Gasteiger partial charge in [-0.15, -0.1) is 0 Å². The van der Waals surface area contributed by atoms with Gasteiger partial charge in [-0.3, -0.25) is 14.3 Å². The fraction of sp³-hybridized carbons (Fsp3) is 0.375. The van der Waals surface area contributed by atoms with Gasteiger partial charge < -0.3 is 10.1 Å². The van der Waals surface area contributed by atoms with E-state index < -0.39 is 12.0 Å². The third kappa shape index (κ3) is 4.35. The lowest BCUT2D eigenvalue weighted by atomic mass is 10.2. The summed E-state index contributed by atoms with van der Waals surface area (Å²) < 4.78 is 6.16. The van der Waals surface area contributed by atoms with Crippen molar-refractivity contribution in [2.24, 2.45) is 0 Å². The minimum absolute atomic E-state index is 0.0897. The van der Waals surface area contributed by atoms with E-state index in [1.165, 1.54) is 18.0 Å². The van der Waals surface area contributed by atoms with Gasteiger partial charge in [0.25, 0.3) is 0 Å². The maximum atomic E-state index is 12.3. The normalized spacial score (nSPS) is 11.9. The highest BCUT2D eigenvalue weighted by Gasteiger charge is 2.21. The van der Waals surface area contributed by atoms with Gasteiger partial charge >= 0.3 is 5.97 Å². The number of amides is 1. The zero-order valence-corrected chi connectivity index (χ0v) is 14.3. The second kappa shape index (κ2) is 8.49. The molecule has 1 heterocycles. The molecule has 0 aliphatic heterocycles. The number of ether oxygens (including phenoxy) is 1. The lowest BCUT2D eigenvalue weighted by Gasteiger charge is -2.16. The maximum Gasteiger partial charge on any atom is 0.328 e. The van der Waals surface area contributed by atoms with Crippen LogP contribution in [0.15, 0.2) is 35.3 Å². The third-order valence-corrected chi connectivity index (χ3v) is 4.13. The Morgan fingerprint density at radius 1 is 1.38 bits per heavy atom. The highest BCUT2D eigenvalue weighted by Crippen LogP contribution is 2.08. The van der Waals surface area contributed by atoms with Gasteiger partial charge in [-0.2, -0.15) is 16.9 Å². The van der Waals surface area contributed by atoms with Crippen LogP contribution < -0.4 is 10.7 Å². The van der Waals surface area contributed by atoms with E-state index in [4.69, 9.17) is 4.74 Å². The van der Waals surface area contributed by atoms with Gasteiger partial charge in [0, 0.05) is 5.39 Å². The van der Waals surface area contributed by atoms with E-state index in [2.05, 4.69) is 10.4 Å². The molecule has 0 aliphatic carbocycles. The first-order valence-corrected chi connectivity index (χ1v) is 8.77. The van der Waals surface area contributed by atoms with Crippen LogP contribution in [0.2, 0.25) is 0 Å². The lowest BCUT2D eigenvalue weighted by molar-refractivity contribution is -0.145. The van der Waals surface area contributed by atoms with Crippen molar-refractivity contribution in [3.8, 4) is 0 Å². The van der Waals surface area contributed by atoms with Crippen LogP contribution in [0, 0.1) is 0 Å². The minimum Gasteiger partial charge on any atom is -0.467 e. The van der Waals surface area contributed by atoms with Crippen LogP contribution in [-0.2, 0) is 20.9 Å². The summed E-state index contributed by atoms with van der Waals surface area (Å²) in [5.41, 5.74) is 0.369. The zero-order valence-electron chi connectivity index (χ0n) is 13.5. The van der Waals surface area contributed by atoms with E-state index in [0.717, 1.165) is 5.75 Å². The molecule has 1 atom stereocenters. The number of hydrogen-bond donors (Lipinski definition) is 1. The Morgan fingerprint density at radius 3 is 2.83 bits per heavy atom. The van der Waals surface area contributed by atoms with E-state index in [-0.39, 0.29) is 17.9 Å². The number of carbonyl (C=O) groups excluding carboxylic acids is 2. The Kier molecular flexibility index (Phi) is 6.36. The Bertz CT molecular complexity index is 790. The molecular weight excluding hydrogens is 330 g/mol. The molecule has 2 aromatic rings. The average molecular weight is 349 g/mol. The minimum atomic E-state index is -0.694. The number of thioether (sulfide) groups is 1. The first-order valence-electron chi connectivity index (χ1n) is 7.37. The highest BCUT2D eigenvalue weighted by molar-refractivity contribution is 7.98. The molecule has 7 nitrogen and oxygen atoms in total. The largest absolute Gasteiger partial charge is 0.467 e. The summed E-state index contributed by atoms with van der Waals surface area (Å²) in [5, 5.41) is 7.16. The van der Waals surface area contributed by atoms with Crippen LogP contribution in [0.1, 0.15) is 6.42 Å². The molecule has 0 unspecified atom stereocenters.